The van der Waals surface area contributed by atoms with Crippen LogP contribution < -0.4 is 15.5 Å². The van der Waals surface area contributed by atoms with E-state index >= 15 is 0 Å². The summed E-state index contributed by atoms with van der Waals surface area (Å²) in [5.74, 6) is 1.78. The lowest BCUT2D eigenvalue weighted by Gasteiger charge is -2.29. The van der Waals surface area contributed by atoms with Crippen LogP contribution in [0.2, 0.25) is 0 Å². The van der Waals surface area contributed by atoms with Gasteiger partial charge in [-0.05, 0) is 37.9 Å². The van der Waals surface area contributed by atoms with Crippen molar-refractivity contribution in [2.24, 2.45) is 5.92 Å². The van der Waals surface area contributed by atoms with Gasteiger partial charge in [-0.15, -0.1) is 10.2 Å². The minimum Gasteiger partial charge on any atom is -0.369 e. The van der Waals surface area contributed by atoms with Gasteiger partial charge in [0.25, 0.3) is 0 Å². The molecule has 0 aromatic carbocycles. The van der Waals surface area contributed by atoms with Crippen LogP contribution in [0.1, 0.15) is 18.7 Å². The lowest BCUT2D eigenvalue weighted by Crippen LogP contribution is -2.43. The number of nitrogens with zero attached hydrogens (tertiary/aromatic N) is 4. The number of rotatable bonds is 3. The zero-order valence-electron chi connectivity index (χ0n) is 13.0. The zero-order chi connectivity index (χ0) is 14.8. The van der Waals surface area contributed by atoms with Crippen LogP contribution in [-0.4, -0.2) is 53.9 Å². The fourth-order valence-electron chi connectivity index (χ4n) is 3.54. The summed E-state index contributed by atoms with van der Waals surface area (Å²) >= 11 is 0. The van der Waals surface area contributed by atoms with Gasteiger partial charge in [-0.1, -0.05) is 0 Å². The topological polar surface area (TPSA) is 57.5 Å². The third kappa shape index (κ3) is 2.80. The average Bonchev–Trinajstić information content (AvgIpc) is 2.99. The molecular formula is C16H24N6. The molecule has 0 spiro atoms. The van der Waals surface area contributed by atoms with E-state index in [1.807, 2.05) is 0 Å². The summed E-state index contributed by atoms with van der Waals surface area (Å²) < 4.78 is 2.15. The van der Waals surface area contributed by atoms with Gasteiger partial charge in [-0.25, -0.2) is 0 Å². The Kier molecular flexibility index (Phi) is 3.95. The van der Waals surface area contributed by atoms with E-state index in [1.54, 1.807) is 0 Å². The van der Waals surface area contributed by atoms with E-state index in [0.717, 1.165) is 57.2 Å². The van der Waals surface area contributed by atoms with Gasteiger partial charge >= 0.3 is 0 Å². The standard InChI is InChI=1S/C16H24N6/c1-2-13(12-18-4-1)10-15-19-20-16-11-14(3-7-22(15)16)21-8-5-17-6-9-21/h3,7,11,13,17-18H,1-2,4-6,8-10,12H2. The molecule has 2 N–H and O–H groups in total. The molecule has 6 nitrogen and oxygen atoms in total. The van der Waals surface area contributed by atoms with Gasteiger partial charge in [0, 0.05) is 50.6 Å². The highest BCUT2D eigenvalue weighted by Crippen LogP contribution is 2.20. The van der Waals surface area contributed by atoms with Crippen molar-refractivity contribution in [3.05, 3.63) is 24.2 Å². The van der Waals surface area contributed by atoms with Gasteiger partial charge in [-0.3, -0.25) is 4.40 Å². The van der Waals surface area contributed by atoms with Crippen LogP contribution in [0.25, 0.3) is 5.65 Å². The molecule has 2 aliphatic heterocycles. The van der Waals surface area contributed by atoms with Gasteiger partial charge in [0.15, 0.2) is 5.65 Å². The summed E-state index contributed by atoms with van der Waals surface area (Å²) in [6.07, 6.45) is 5.72. The van der Waals surface area contributed by atoms with Crippen molar-refractivity contribution >= 4 is 11.3 Å². The quantitative estimate of drug-likeness (QED) is 0.873. The maximum absolute atomic E-state index is 4.43. The van der Waals surface area contributed by atoms with Crippen molar-refractivity contribution in [1.82, 2.24) is 25.2 Å². The van der Waals surface area contributed by atoms with E-state index in [0.29, 0.717) is 5.92 Å². The number of anilines is 1. The first-order chi connectivity index (χ1) is 10.9. The molecular weight excluding hydrogens is 276 g/mol. The number of aromatic nitrogens is 3. The van der Waals surface area contributed by atoms with Gasteiger partial charge in [0.2, 0.25) is 0 Å². The summed E-state index contributed by atoms with van der Waals surface area (Å²) in [6.45, 7) is 6.49. The van der Waals surface area contributed by atoms with Crippen LogP contribution >= 0.6 is 0 Å². The Labute approximate surface area is 130 Å². The van der Waals surface area contributed by atoms with Crippen molar-refractivity contribution in [2.45, 2.75) is 19.3 Å². The molecule has 1 atom stereocenters. The van der Waals surface area contributed by atoms with Crippen molar-refractivity contribution in [3.63, 3.8) is 0 Å². The van der Waals surface area contributed by atoms with Crippen LogP contribution in [0.5, 0.6) is 0 Å². The van der Waals surface area contributed by atoms with E-state index in [2.05, 4.69) is 48.5 Å². The van der Waals surface area contributed by atoms with Crippen LogP contribution in [0.15, 0.2) is 18.3 Å². The van der Waals surface area contributed by atoms with Crippen LogP contribution in [0.4, 0.5) is 5.69 Å². The molecule has 0 aliphatic carbocycles. The Morgan fingerprint density at radius 1 is 1.14 bits per heavy atom. The third-order valence-electron chi connectivity index (χ3n) is 4.82. The van der Waals surface area contributed by atoms with E-state index in [-0.39, 0.29) is 0 Å². The molecule has 22 heavy (non-hydrogen) atoms. The molecule has 4 heterocycles. The zero-order valence-corrected chi connectivity index (χ0v) is 13.0. The van der Waals surface area contributed by atoms with Crippen LogP contribution in [0.3, 0.4) is 0 Å². The smallest absolute Gasteiger partial charge is 0.162 e. The molecule has 0 bridgehead atoms. The molecule has 118 valence electrons. The number of fused-ring (bicyclic) bond motifs is 1. The second-order valence-electron chi connectivity index (χ2n) is 6.38. The molecule has 1 unspecified atom stereocenters. The van der Waals surface area contributed by atoms with Gasteiger partial charge in [-0.2, -0.15) is 0 Å². The van der Waals surface area contributed by atoms with Crippen molar-refractivity contribution in [1.29, 1.82) is 0 Å². The first-order valence-corrected chi connectivity index (χ1v) is 8.40. The molecule has 2 aliphatic rings. The van der Waals surface area contributed by atoms with Crippen molar-refractivity contribution in [3.8, 4) is 0 Å². The Morgan fingerprint density at radius 2 is 2.05 bits per heavy atom. The fraction of sp³-hybridized carbons (Fsp3) is 0.625. The predicted octanol–water partition coefficient (Wildman–Crippen LogP) is 0.681. The number of piperazine rings is 1. The summed E-state index contributed by atoms with van der Waals surface area (Å²) in [5, 5.41) is 15.7. The Hall–Kier alpha value is -1.66. The first-order valence-electron chi connectivity index (χ1n) is 8.40. The SMILES string of the molecule is c1cn2c(CC3CCCNC3)nnc2cc1N1CCNCC1. The molecule has 2 aromatic rings. The molecule has 2 aromatic heterocycles. The lowest BCUT2D eigenvalue weighted by atomic mass is 9.96. The number of pyridine rings is 1. The molecule has 0 radical (unpaired) electrons. The highest BCUT2D eigenvalue weighted by Gasteiger charge is 2.17. The van der Waals surface area contributed by atoms with Gasteiger partial charge in [0.1, 0.15) is 5.82 Å². The molecule has 6 heteroatoms. The maximum Gasteiger partial charge on any atom is 0.162 e. The van der Waals surface area contributed by atoms with Crippen LogP contribution in [0, 0.1) is 5.92 Å². The van der Waals surface area contributed by atoms with E-state index in [4.69, 9.17) is 0 Å². The summed E-state index contributed by atoms with van der Waals surface area (Å²) in [5.41, 5.74) is 2.22. The van der Waals surface area contributed by atoms with Crippen LogP contribution in [-0.2, 0) is 6.42 Å². The highest BCUT2D eigenvalue weighted by atomic mass is 15.3. The largest absolute Gasteiger partial charge is 0.369 e. The number of hydrogen-bond acceptors (Lipinski definition) is 5. The predicted molar refractivity (Wildman–Crippen MR) is 87.4 cm³/mol. The Balaban J connectivity index is 1.54. The third-order valence-corrected chi connectivity index (χ3v) is 4.82. The minimum atomic E-state index is 0.689. The van der Waals surface area contributed by atoms with E-state index in [9.17, 15) is 0 Å². The summed E-state index contributed by atoms with van der Waals surface area (Å²) in [6, 6.07) is 4.37. The Bertz CT molecular complexity index is 625. The van der Waals surface area contributed by atoms with E-state index < -0.39 is 0 Å². The second kappa shape index (κ2) is 6.22. The van der Waals surface area contributed by atoms with E-state index in [1.165, 1.54) is 18.5 Å². The molecule has 4 rings (SSSR count). The highest BCUT2D eigenvalue weighted by molar-refractivity contribution is 5.56. The number of nitrogens with one attached hydrogen (secondary N) is 2. The molecule has 0 saturated carbocycles. The minimum absolute atomic E-state index is 0.689. The lowest BCUT2D eigenvalue weighted by molar-refractivity contribution is 0.370. The molecule has 2 saturated heterocycles. The average molecular weight is 300 g/mol. The number of hydrogen-bond donors (Lipinski definition) is 2. The van der Waals surface area contributed by atoms with Crippen molar-refractivity contribution < 1.29 is 0 Å². The normalized spacial score (nSPS) is 23.1. The Morgan fingerprint density at radius 3 is 2.86 bits per heavy atom. The van der Waals surface area contributed by atoms with Gasteiger partial charge < -0.3 is 15.5 Å². The first kappa shape index (κ1) is 14.0. The molecule has 0 amide bonds. The fourth-order valence-corrected chi connectivity index (χ4v) is 3.54. The summed E-state index contributed by atoms with van der Waals surface area (Å²) in [4.78, 5) is 2.41. The van der Waals surface area contributed by atoms with Crippen molar-refractivity contribution in [2.75, 3.05) is 44.2 Å². The summed E-state index contributed by atoms with van der Waals surface area (Å²) in [7, 11) is 0. The second-order valence-corrected chi connectivity index (χ2v) is 6.38. The monoisotopic (exact) mass is 300 g/mol. The maximum atomic E-state index is 4.43. The molecule has 2 fully saturated rings. The van der Waals surface area contributed by atoms with Gasteiger partial charge in [0.05, 0.1) is 0 Å². The number of piperidine rings is 1.